The summed E-state index contributed by atoms with van der Waals surface area (Å²) in [6.07, 6.45) is 3.58. The van der Waals surface area contributed by atoms with Gasteiger partial charge >= 0.3 is 0 Å². The van der Waals surface area contributed by atoms with Gasteiger partial charge in [-0.3, -0.25) is 9.89 Å². The molecule has 1 heterocycles. The van der Waals surface area contributed by atoms with Gasteiger partial charge in [-0.05, 0) is 57.8 Å². The number of hydrogen-bond acceptors (Lipinski definition) is 4. The lowest BCUT2D eigenvalue weighted by atomic mass is 9.94. The highest BCUT2D eigenvalue weighted by Crippen LogP contribution is 2.18. The SMILES string of the molecule is CCNC(=NCC(CCO)CC(C)C)NCC(c1ccco1)N(C)C.I. The molecule has 0 aliphatic heterocycles. The Morgan fingerprint density at radius 2 is 2.04 bits per heavy atom. The molecule has 1 aromatic rings. The lowest BCUT2D eigenvalue weighted by Crippen LogP contribution is -2.42. The number of furan rings is 1. The van der Waals surface area contributed by atoms with Crippen LogP contribution in [-0.2, 0) is 0 Å². The minimum absolute atomic E-state index is 0. The topological polar surface area (TPSA) is 73.0 Å². The molecule has 0 aliphatic carbocycles. The summed E-state index contributed by atoms with van der Waals surface area (Å²) in [4.78, 5) is 6.86. The Hall–Kier alpha value is -0.800. The zero-order chi connectivity index (χ0) is 18.7. The largest absolute Gasteiger partial charge is 0.468 e. The summed E-state index contributed by atoms with van der Waals surface area (Å²) >= 11 is 0. The van der Waals surface area contributed by atoms with Crippen LogP contribution in [0.5, 0.6) is 0 Å². The van der Waals surface area contributed by atoms with Crippen molar-refractivity contribution in [1.82, 2.24) is 15.5 Å². The molecule has 2 unspecified atom stereocenters. The fourth-order valence-electron chi connectivity index (χ4n) is 2.91. The van der Waals surface area contributed by atoms with Crippen LogP contribution in [0.4, 0.5) is 0 Å². The van der Waals surface area contributed by atoms with Crippen LogP contribution in [0, 0.1) is 11.8 Å². The van der Waals surface area contributed by atoms with E-state index < -0.39 is 0 Å². The van der Waals surface area contributed by atoms with E-state index in [1.54, 1.807) is 6.26 Å². The number of aliphatic hydroxyl groups is 1. The molecule has 0 saturated heterocycles. The Balaban J connectivity index is 0.00000625. The second-order valence-electron chi connectivity index (χ2n) is 7.10. The third kappa shape index (κ3) is 9.78. The van der Waals surface area contributed by atoms with Crippen molar-refractivity contribution in [2.45, 2.75) is 39.7 Å². The van der Waals surface area contributed by atoms with E-state index in [1.807, 2.05) is 26.2 Å². The van der Waals surface area contributed by atoms with Crippen LogP contribution in [0.2, 0.25) is 0 Å². The lowest BCUT2D eigenvalue weighted by molar-refractivity contribution is 0.245. The quantitative estimate of drug-likeness (QED) is 0.258. The Kier molecular flexibility index (Phi) is 13.8. The van der Waals surface area contributed by atoms with Crippen LogP contribution < -0.4 is 10.6 Å². The van der Waals surface area contributed by atoms with Gasteiger partial charge in [-0.1, -0.05) is 13.8 Å². The number of aliphatic hydroxyl groups excluding tert-OH is 1. The molecular formula is C19H37IN4O2. The molecule has 0 amide bonds. The van der Waals surface area contributed by atoms with Gasteiger partial charge in [0.2, 0.25) is 0 Å². The third-order valence-electron chi connectivity index (χ3n) is 4.15. The van der Waals surface area contributed by atoms with E-state index in [4.69, 9.17) is 9.41 Å². The first-order chi connectivity index (χ1) is 12.0. The Labute approximate surface area is 175 Å². The summed E-state index contributed by atoms with van der Waals surface area (Å²) in [5.41, 5.74) is 0. The molecule has 0 fully saturated rings. The highest BCUT2D eigenvalue weighted by atomic mass is 127. The van der Waals surface area contributed by atoms with E-state index in [2.05, 4.69) is 36.3 Å². The van der Waals surface area contributed by atoms with E-state index in [-0.39, 0.29) is 36.6 Å². The molecule has 0 saturated carbocycles. The summed E-state index contributed by atoms with van der Waals surface area (Å²) < 4.78 is 5.55. The molecule has 1 rings (SSSR count). The summed E-state index contributed by atoms with van der Waals surface area (Å²) in [7, 11) is 4.08. The van der Waals surface area contributed by atoms with Gasteiger partial charge in [0.25, 0.3) is 0 Å². The monoisotopic (exact) mass is 480 g/mol. The first-order valence-corrected chi connectivity index (χ1v) is 9.30. The molecule has 7 heteroatoms. The van der Waals surface area contributed by atoms with Crippen LogP contribution in [0.25, 0.3) is 0 Å². The number of nitrogens with zero attached hydrogens (tertiary/aromatic N) is 2. The number of aliphatic imine (C=N–C) groups is 1. The predicted octanol–water partition coefficient (Wildman–Crippen LogP) is 3.10. The number of guanidine groups is 1. The van der Waals surface area contributed by atoms with Gasteiger partial charge in [0.1, 0.15) is 5.76 Å². The molecule has 2 atom stereocenters. The van der Waals surface area contributed by atoms with E-state index in [1.165, 1.54) is 0 Å². The van der Waals surface area contributed by atoms with Crippen molar-refractivity contribution in [2.75, 3.05) is 40.3 Å². The molecule has 3 N–H and O–H groups in total. The van der Waals surface area contributed by atoms with Crippen molar-refractivity contribution in [3.63, 3.8) is 0 Å². The van der Waals surface area contributed by atoms with Crippen LogP contribution in [0.3, 0.4) is 0 Å². The first kappa shape index (κ1) is 25.2. The summed E-state index contributed by atoms with van der Waals surface area (Å²) in [6, 6.07) is 4.05. The van der Waals surface area contributed by atoms with Crippen molar-refractivity contribution in [3.8, 4) is 0 Å². The average molecular weight is 480 g/mol. The predicted molar refractivity (Wildman–Crippen MR) is 119 cm³/mol. The minimum Gasteiger partial charge on any atom is -0.468 e. The highest BCUT2D eigenvalue weighted by Gasteiger charge is 2.17. The van der Waals surface area contributed by atoms with E-state index in [0.717, 1.165) is 37.7 Å². The number of likely N-dealkylation sites (N-methyl/N-ethyl adjacent to an activating group) is 1. The smallest absolute Gasteiger partial charge is 0.191 e. The molecule has 0 spiro atoms. The number of hydrogen-bond donors (Lipinski definition) is 3. The minimum atomic E-state index is 0. The van der Waals surface area contributed by atoms with Gasteiger partial charge < -0.3 is 20.2 Å². The van der Waals surface area contributed by atoms with Crippen LogP contribution in [0.1, 0.15) is 45.4 Å². The molecule has 0 aromatic carbocycles. The third-order valence-corrected chi connectivity index (χ3v) is 4.15. The Morgan fingerprint density at radius 1 is 1.31 bits per heavy atom. The maximum atomic E-state index is 9.27. The van der Waals surface area contributed by atoms with Crippen LogP contribution in [-0.4, -0.2) is 56.3 Å². The summed E-state index contributed by atoms with van der Waals surface area (Å²) in [5, 5.41) is 16.0. The van der Waals surface area contributed by atoms with Gasteiger partial charge in [0, 0.05) is 26.2 Å². The normalized spacial score (nSPS) is 14.2. The number of halogens is 1. The lowest BCUT2D eigenvalue weighted by Gasteiger charge is -2.24. The Morgan fingerprint density at radius 3 is 2.54 bits per heavy atom. The zero-order valence-electron chi connectivity index (χ0n) is 16.9. The summed E-state index contributed by atoms with van der Waals surface area (Å²) in [5.74, 6) is 2.77. The molecule has 1 aromatic heterocycles. The first-order valence-electron chi connectivity index (χ1n) is 9.30. The second kappa shape index (κ2) is 14.3. The highest BCUT2D eigenvalue weighted by molar-refractivity contribution is 14.0. The average Bonchev–Trinajstić information content (AvgIpc) is 3.06. The fourth-order valence-corrected chi connectivity index (χ4v) is 2.91. The molecule has 6 nitrogen and oxygen atoms in total. The summed E-state index contributed by atoms with van der Waals surface area (Å²) in [6.45, 7) is 8.95. The standard InChI is InChI=1S/C19H36N4O2.HI/c1-6-20-19(21-13-16(9-10-24)12-15(2)3)22-14-17(23(4)5)18-8-7-11-25-18;/h7-8,11,15-17,24H,6,9-10,12-14H2,1-5H3,(H2,20,21,22);1H. The maximum absolute atomic E-state index is 9.27. The second-order valence-corrected chi connectivity index (χ2v) is 7.10. The van der Waals surface area contributed by atoms with E-state index in [9.17, 15) is 5.11 Å². The number of nitrogens with one attached hydrogen (secondary N) is 2. The van der Waals surface area contributed by atoms with Gasteiger partial charge in [-0.25, -0.2) is 0 Å². The van der Waals surface area contributed by atoms with Gasteiger partial charge in [0.15, 0.2) is 5.96 Å². The maximum Gasteiger partial charge on any atom is 0.191 e. The van der Waals surface area contributed by atoms with Crippen molar-refractivity contribution >= 4 is 29.9 Å². The van der Waals surface area contributed by atoms with Crippen molar-refractivity contribution in [3.05, 3.63) is 24.2 Å². The fraction of sp³-hybridized carbons (Fsp3) is 0.737. The number of rotatable bonds is 11. The van der Waals surface area contributed by atoms with Crippen molar-refractivity contribution in [1.29, 1.82) is 0 Å². The van der Waals surface area contributed by atoms with Gasteiger partial charge in [-0.15, -0.1) is 24.0 Å². The molecule has 0 radical (unpaired) electrons. The Bertz CT molecular complexity index is 478. The zero-order valence-corrected chi connectivity index (χ0v) is 19.2. The molecular weight excluding hydrogens is 443 g/mol. The van der Waals surface area contributed by atoms with Crippen molar-refractivity contribution in [2.24, 2.45) is 16.8 Å². The van der Waals surface area contributed by atoms with Crippen molar-refractivity contribution < 1.29 is 9.52 Å². The van der Waals surface area contributed by atoms with E-state index >= 15 is 0 Å². The molecule has 152 valence electrons. The van der Waals surface area contributed by atoms with Crippen LogP contribution >= 0.6 is 24.0 Å². The van der Waals surface area contributed by atoms with Gasteiger partial charge in [0.05, 0.1) is 12.3 Å². The molecule has 26 heavy (non-hydrogen) atoms. The van der Waals surface area contributed by atoms with Gasteiger partial charge in [-0.2, -0.15) is 0 Å². The van der Waals surface area contributed by atoms with E-state index in [0.29, 0.717) is 18.4 Å². The van der Waals surface area contributed by atoms with Crippen LogP contribution in [0.15, 0.2) is 27.8 Å². The molecule has 0 bridgehead atoms. The molecule has 0 aliphatic rings.